The minimum absolute atomic E-state index is 0.204. The second-order valence-corrected chi connectivity index (χ2v) is 5.65. The van der Waals surface area contributed by atoms with Gasteiger partial charge in [0.2, 0.25) is 5.75 Å². The van der Waals surface area contributed by atoms with Crippen molar-refractivity contribution >= 4 is 0 Å². The number of nitrogens with zero attached hydrogens (tertiary/aromatic N) is 1. The summed E-state index contributed by atoms with van der Waals surface area (Å²) in [6, 6.07) is 4.14. The number of methoxy groups -OCH3 is 3. The standard InChI is InChI=1S/C17H27NO4/c1-20-15-9-8-13(16(21-2)17(15)22-3)11-18-10-6-4-5-7-14(18)12-19/h8-9,14,19H,4-7,10-12H2,1-3H3. The highest BCUT2D eigenvalue weighted by Gasteiger charge is 2.23. The molecule has 0 aliphatic carbocycles. The lowest BCUT2D eigenvalue weighted by Gasteiger charge is -2.29. The van der Waals surface area contributed by atoms with Crippen molar-refractivity contribution in [2.45, 2.75) is 38.3 Å². The summed E-state index contributed by atoms with van der Waals surface area (Å²) >= 11 is 0. The summed E-state index contributed by atoms with van der Waals surface area (Å²) in [6.07, 6.45) is 4.64. The average Bonchev–Trinajstić information content (AvgIpc) is 2.79. The van der Waals surface area contributed by atoms with E-state index in [-0.39, 0.29) is 12.6 Å². The monoisotopic (exact) mass is 309 g/mol. The van der Waals surface area contributed by atoms with E-state index in [0.29, 0.717) is 17.2 Å². The smallest absolute Gasteiger partial charge is 0.203 e. The molecule has 0 radical (unpaired) electrons. The number of aliphatic hydroxyl groups excluding tert-OH is 1. The van der Waals surface area contributed by atoms with Gasteiger partial charge in [-0.1, -0.05) is 18.9 Å². The SMILES string of the molecule is COc1ccc(CN2CCCCCC2CO)c(OC)c1OC. The summed E-state index contributed by atoms with van der Waals surface area (Å²) in [5, 5.41) is 9.66. The quantitative estimate of drug-likeness (QED) is 0.875. The molecule has 0 spiro atoms. The number of hydrogen-bond donors (Lipinski definition) is 1. The van der Waals surface area contributed by atoms with Gasteiger partial charge in [-0.15, -0.1) is 0 Å². The Kier molecular flexibility index (Phi) is 6.34. The summed E-state index contributed by atoms with van der Waals surface area (Å²) in [6.45, 7) is 1.95. The summed E-state index contributed by atoms with van der Waals surface area (Å²) in [4.78, 5) is 2.34. The van der Waals surface area contributed by atoms with Crippen LogP contribution in [0.3, 0.4) is 0 Å². The molecule has 1 aromatic rings. The van der Waals surface area contributed by atoms with Crippen LogP contribution >= 0.6 is 0 Å². The van der Waals surface area contributed by atoms with Crippen LogP contribution in [0.25, 0.3) is 0 Å². The Morgan fingerprint density at radius 3 is 2.45 bits per heavy atom. The van der Waals surface area contributed by atoms with Gasteiger partial charge < -0.3 is 19.3 Å². The van der Waals surface area contributed by atoms with Crippen molar-refractivity contribution in [3.8, 4) is 17.2 Å². The van der Waals surface area contributed by atoms with Crippen LogP contribution in [0.2, 0.25) is 0 Å². The number of aliphatic hydroxyl groups is 1. The topological polar surface area (TPSA) is 51.2 Å². The third kappa shape index (κ3) is 3.65. The van der Waals surface area contributed by atoms with E-state index in [0.717, 1.165) is 25.1 Å². The first-order valence-electron chi connectivity index (χ1n) is 7.87. The van der Waals surface area contributed by atoms with Gasteiger partial charge in [-0.25, -0.2) is 0 Å². The Labute approximate surface area is 132 Å². The lowest BCUT2D eigenvalue weighted by atomic mass is 10.1. The minimum atomic E-state index is 0.204. The van der Waals surface area contributed by atoms with Crippen LogP contribution in [0.5, 0.6) is 17.2 Å². The fourth-order valence-corrected chi connectivity index (χ4v) is 3.16. The first-order chi connectivity index (χ1) is 10.7. The van der Waals surface area contributed by atoms with Gasteiger partial charge in [0.25, 0.3) is 0 Å². The number of benzene rings is 1. The summed E-state index contributed by atoms with van der Waals surface area (Å²) in [5.41, 5.74) is 1.06. The van der Waals surface area contributed by atoms with E-state index in [2.05, 4.69) is 4.90 Å². The first-order valence-corrected chi connectivity index (χ1v) is 7.87. The van der Waals surface area contributed by atoms with Gasteiger partial charge in [0, 0.05) is 18.2 Å². The first kappa shape index (κ1) is 16.9. The molecule has 22 heavy (non-hydrogen) atoms. The fourth-order valence-electron chi connectivity index (χ4n) is 3.16. The molecule has 1 aliphatic heterocycles. The van der Waals surface area contributed by atoms with Crippen molar-refractivity contribution in [3.63, 3.8) is 0 Å². The zero-order chi connectivity index (χ0) is 15.9. The molecule has 1 heterocycles. The maximum Gasteiger partial charge on any atom is 0.203 e. The van der Waals surface area contributed by atoms with Crippen molar-refractivity contribution in [1.29, 1.82) is 0 Å². The lowest BCUT2D eigenvalue weighted by Crippen LogP contribution is -2.37. The number of hydrogen-bond acceptors (Lipinski definition) is 5. The van der Waals surface area contributed by atoms with E-state index in [1.165, 1.54) is 19.3 Å². The van der Waals surface area contributed by atoms with Crippen LogP contribution in [0.1, 0.15) is 31.2 Å². The second kappa shape index (κ2) is 8.25. The van der Waals surface area contributed by atoms with Gasteiger partial charge in [0.05, 0.1) is 27.9 Å². The molecule has 0 aromatic heterocycles. The maximum atomic E-state index is 9.66. The van der Waals surface area contributed by atoms with E-state index in [1.54, 1.807) is 21.3 Å². The van der Waals surface area contributed by atoms with Crippen molar-refractivity contribution in [1.82, 2.24) is 4.90 Å². The number of likely N-dealkylation sites (tertiary alicyclic amines) is 1. The predicted molar refractivity (Wildman–Crippen MR) is 85.8 cm³/mol. The molecular formula is C17H27NO4. The third-order valence-electron chi connectivity index (χ3n) is 4.37. The second-order valence-electron chi connectivity index (χ2n) is 5.65. The zero-order valence-electron chi connectivity index (χ0n) is 13.8. The van der Waals surface area contributed by atoms with E-state index in [4.69, 9.17) is 14.2 Å². The highest BCUT2D eigenvalue weighted by molar-refractivity contribution is 5.55. The molecule has 1 unspecified atom stereocenters. The van der Waals surface area contributed by atoms with Crippen LogP contribution in [0.4, 0.5) is 0 Å². The van der Waals surface area contributed by atoms with Gasteiger partial charge in [-0.3, -0.25) is 4.90 Å². The number of ether oxygens (including phenoxy) is 3. The molecule has 0 amide bonds. The van der Waals surface area contributed by atoms with E-state index >= 15 is 0 Å². The van der Waals surface area contributed by atoms with Crippen molar-refractivity contribution < 1.29 is 19.3 Å². The lowest BCUT2D eigenvalue weighted by molar-refractivity contribution is 0.117. The van der Waals surface area contributed by atoms with E-state index < -0.39 is 0 Å². The van der Waals surface area contributed by atoms with Crippen LogP contribution in [0.15, 0.2) is 12.1 Å². The molecule has 1 fully saturated rings. The molecule has 5 heteroatoms. The maximum absolute atomic E-state index is 9.66. The van der Waals surface area contributed by atoms with Crippen LogP contribution < -0.4 is 14.2 Å². The molecule has 1 saturated heterocycles. The molecule has 1 aliphatic rings. The van der Waals surface area contributed by atoms with E-state index in [1.807, 2.05) is 12.1 Å². The molecule has 124 valence electrons. The molecule has 2 rings (SSSR count). The number of rotatable bonds is 6. The fraction of sp³-hybridized carbons (Fsp3) is 0.647. The minimum Gasteiger partial charge on any atom is -0.493 e. The zero-order valence-corrected chi connectivity index (χ0v) is 13.8. The normalized spacial score (nSPS) is 19.5. The van der Waals surface area contributed by atoms with Crippen molar-refractivity contribution in [2.75, 3.05) is 34.5 Å². The highest BCUT2D eigenvalue weighted by atomic mass is 16.5. The molecule has 1 N–H and O–H groups in total. The third-order valence-corrected chi connectivity index (χ3v) is 4.37. The molecule has 1 atom stereocenters. The van der Waals surface area contributed by atoms with Gasteiger partial charge in [0.15, 0.2) is 11.5 Å². The van der Waals surface area contributed by atoms with Crippen LogP contribution in [-0.4, -0.2) is 50.5 Å². The molecule has 1 aromatic carbocycles. The Morgan fingerprint density at radius 1 is 1.05 bits per heavy atom. The summed E-state index contributed by atoms with van der Waals surface area (Å²) in [7, 11) is 4.88. The largest absolute Gasteiger partial charge is 0.493 e. The van der Waals surface area contributed by atoms with Crippen molar-refractivity contribution in [2.24, 2.45) is 0 Å². The van der Waals surface area contributed by atoms with Gasteiger partial charge in [0.1, 0.15) is 0 Å². The predicted octanol–water partition coefficient (Wildman–Crippen LogP) is 2.45. The summed E-state index contributed by atoms with van der Waals surface area (Å²) in [5.74, 6) is 2.00. The Balaban J connectivity index is 2.27. The highest BCUT2D eigenvalue weighted by Crippen LogP contribution is 2.40. The van der Waals surface area contributed by atoms with Gasteiger partial charge in [-0.05, 0) is 25.5 Å². The molecular weight excluding hydrogens is 282 g/mol. The Hall–Kier alpha value is -1.46. The van der Waals surface area contributed by atoms with Crippen LogP contribution in [0, 0.1) is 0 Å². The molecule has 0 bridgehead atoms. The van der Waals surface area contributed by atoms with Gasteiger partial charge in [-0.2, -0.15) is 0 Å². The average molecular weight is 309 g/mol. The van der Waals surface area contributed by atoms with Crippen LogP contribution in [-0.2, 0) is 6.54 Å². The van der Waals surface area contributed by atoms with E-state index in [9.17, 15) is 5.11 Å². The Morgan fingerprint density at radius 2 is 1.82 bits per heavy atom. The molecule has 0 saturated carbocycles. The van der Waals surface area contributed by atoms with Gasteiger partial charge >= 0.3 is 0 Å². The summed E-state index contributed by atoms with van der Waals surface area (Å²) < 4.78 is 16.3. The Bertz CT molecular complexity index is 478. The molecule has 5 nitrogen and oxygen atoms in total. The van der Waals surface area contributed by atoms with Crippen molar-refractivity contribution in [3.05, 3.63) is 17.7 Å².